The van der Waals surface area contributed by atoms with Gasteiger partial charge in [-0.15, -0.1) is 0 Å². The number of hydrogen-bond donors (Lipinski definition) is 2. The second-order valence-corrected chi connectivity index (χ2v) is 2.38. The molecule has 0 saturated carbocycles. The highest BCUT2D eigenvalue weighted by atomic mass is 16.4. The van der Waals surface area contributed by atoms with Gasteiger partial charge < -0.3 is 5.21 Å². The van der Waals surface area contributed by atoms with Crippen molar-refractivity contribution in [3.8, 4) is 6.07 Å². The molecule has 0 aliphatic rings. The number of oxime groups is 1. The predicted octanol–water partition coefficient (Wildman–Crippen LogP) is 0.728. The molecular weight excluding hydrogens is 182 g/mol. The van der Waals surface area contributed by atoms with E-state index in [4.69, 9.17) is 10.5 Å². The maximum Gasteiger partial charge on any atom is 0.257 e. The minimum Gasteiger partial charge on any atom is -0.409 e. The van der Waals surface area contributed by atoms with Gasteiger partial charge in [-0.2, -0.15) is 5.26 Å². The molecule has 0 spiro atoms. The zero-order chi connectivity index (χ0) is 10.4. The zero-order valence-electron chi connectivity index (χ0n) is 7.14. The van der Waals surface area contributed by atoms with Crippen molar-refractivity contribution in [2.45, 2.75) is 0 Å². The molecule has 5 nitrogen and oxygen atoms in total. The lowest BCUT2D eigenvalue weighted by Crippen LogP contribution is -2.29. The molecule has 1 aromatic rings. The van der Waals surface area contributed by atoms with Crippen LogP contribution in [0.25, 0.3) is 0 Å². The van der Waals surface area contributed by atoms with Crippen LogP contribution in [0.1, 0.15) is 10.4 Å². The van der Waals surface area contributed by atoms with Gasteiger partial charge in [0.25, 0.3) is 11.7 Å². The number of carbonyl (C=O) groups is 1. The van der Waals surface area contributed by atoms with Crippen LogP contribution in [0.4, 0.5) is 0 Å². The Morgan fingerprint density at radius 2 is 2.07 bits per heavy atom. The van der Waals surface area contributed by atoms with E-state index in [1.807, 2.05) is 0 Å². The van der Waals surface area contributed by atoms with Crippen molar-refractivity contribution in [2.75, 3.05) is 0 Å². The van der Waals surface area contributed by atoms with Crippen molar-refractivity contribution in [1.29, 1.82) is 5.26 Å². The van der Waals surface area contributed by atoms with Crippen molar-refractivity contribution in [2.24, 2.45) is 5.16 Å². The van der Waals surface area contributed by atoms with Crippen LogP contribution >= 0.6 is 0 Å². The van der Waals surface area contributed by atoms with Crippen LogP contribution in [0.2, 0.25) is 0 Å². The van der Waals surface area contributed by atoms with Gasteiger partial charge in [-0.3, -0.25) is 10.1 Å². The first-order valence-electron chi connectivity index (χ1n) is 3.76. The Balaban J connectivity index is 2.75. The lowest BCUT2D eigenvalue weighted by Gasteiger charge is -1.99. The number of nitriles is 1. The Kier molecular flexibility index (Phi) is 3.21. The monoisotopic (exact) mass is 189 g/mol. The average molecular weight is 189 g/mol. The molecule has 0 aliphatic heterocycles. The number of amidine groups is 1. The third-order valence-corrected chi connectivity index (χ3v) is 1.47. The van der Waals surface area contributed by atoms with Gasteiger partial charge in [0.15, 0.2) is 0 Å². The molecule has 0 aromatic heterocycles. The molecule has 5 heteroatoms. The van der Waals surface area contributed by atoms with Gasteiger partial charge in [-0.25, -0.2) is 0 Å². The van der Waals surface area contributed by atoms with Crippen LogP contribution in [0.15, 0.2) is 35.5 Å². The molecule has 0 aliphatic carbocycles. The molecule has 1 aromatic carbocycles. The van der Waals surface area contributed by atoms with E-state index in [1.165, 1.54) is 6.07 Å². The lowest BCUT2D eigenvalue weighted by molar-refractivity contribution is 0.0976. The highest BCUT2D eigenvalue weighted by Gasteiger charge is 2.07. The molecular formula is C9H7N3O2. The summed E-state index contributed by atoms with van der Waals surface area (Å²) in [7, 11) is 0. The van der Waals surface area contributed by atoms with E-state index in [2.05, 4.69) is 10.5 Å². The number of nitrogens with zero attached hydrogens (tertiary/aromatic N) is 2. The maximum absolute atomic E-state index is 11.3. The van der Waals surface area contributed by atoms with Crippen LogP contribution in [-0.4, -0.2) is 17.0 Å². The SMILES string of the molecule is N#C/C(=N\O)NC(=O)c1ccccc1. The first-order valence-corrected chi connectivity index (χ1v) is 3.76. The second-order valence-electron chi connectivity index (χ2n) is 2.38. The third kappa shape index (κ3) is 2.32. The van der Waals surface area contributed by atoms with Crippen LogP contribution in [0, 0.1) is 11.3 Å². The van der Waals surface area contributed by atoms with E-state index in [1.54, 1.807) is 30.3 Å². The zero-order valence-corrected chi connectivity index (χ0v) is 7.14. The fraction of sp³-hybridized carbons (Fsp3) is 0. The summed E-state index contributed by atoms with van der Waals surface area (Å²) in [5, 5.41) is 21.4. The van der Waals surface area contributed by atoms with E-state index < -0.39 is 11.7 Å². The molecule has 0 unspecified atom stereocenters. The maximum atomic E-state index is 11.3. The highest BCUT2D eigenvalue weighted by Crippen LogP contribution is 1.97. The number of carbonyl (C=O) groups excluding carboxylic acids is 1. The summed E-state index contributed by atoms with van der Waals surface area (Å²) in [5.41, 5.74) is 0.393. The summed E-state index contributed by atoms with van der Waals surface area (Å²) in [6.45, 7) is 0. The molecule has 0 atom stereocenters. The normalized spacial score (nSPS) is 10.4. The molecule has 70 valence electrons. The second kappa shape index (κ2) is 4.62. The first kappa shape index (κ1) is 9.74. The van der Waals surface area contributed by atoms with E-state index in [0.717, 1.165) is 0 Å². The van der Waals surface area contributed by atoms with Gasteiger partial charge in [-0.1, -0.05) is 23.4 Å². The van der Waals surface area contributed by atoms with Crippen molar-refractivity contribution >= 4 is 11.7 Å². The van der Waals surface area contributed by atoms with Gasteiger partial charge in [0.05, 0.1) is 0 Å². The van der Waals surface area contributed by atoms with Crippen LogP contribution < -0.4 is 5.32 Å². The molecule has 14 heavy (non-hydrogen) atoms. The lowest BCUT2D eigenvalue weighted by atomic mass is 10.2. The Labute approximate surface area is 80.3 Å². The van der Waals surface area contributed by atoms with Crippen LogP contribution in [-0.2, 0) is 0 Å². The topological polar surface area (TPSA) is 85.5 Å². The smallest absolute Gasteiger partial charge is 0.257 e. The summed E-state index contributed by atoms with van der Waals surface area (Å²) in [5.74, 6) is -0.918. The van der Waals surface area contributed by atoms with Gasteiger partial charge in [-0.05, 0) is 12.1 Å². The van der Waals surface area contributed by atoms with E-state index in [9.17, 15) is 4.79 Å². The average Bonchev–Trinajstić information content (AvgIpc) is 2.26. The molecule has 2 N–H and O–H groups in total. The molecule has 0 radical (unpaired) electrons. The van der Waals surface area contributed by atoms with E-state index in [-0.39, 0.29) is 0 Å². The van der Waals surface area contributed by atoms with Crippen molar-refractivity contribution < 1.29 is 10.0 Å². The predicted molar refractivity (Wildman–Crippen MR) is 48.7 cm³/mol. The molecule has 1 amide bonds. The number of hydrogen-bond acceptors (Lipinski definition) is 4. The van der Waals surface area contributed by atoms with Crippen molar-refractivity contribution in [3.05, 3.63) is 35.9 Å². The van der Waals surface area contributed by atoms with Crippen LogP contribution in [0.5, 0.6) is 0 Å². The summed E-state index contributed by atoms with van der Waals surface area (Å²) < 4.78 is 0. The summed E-state index contributed by atoms with van der Waals surface area (Å²) in [4.78, 5) is 11.3. The molecule has 0 bridgehead atoms. The highest BCUT2D eigenvalue weighted by molar-refractivity contribution is 6.11. The molecule has 0 fully saturated rings. The Morgan fingerprint density at radius 3 is 2.57 bits per heavy atom. The third-order valence-electron chi connectivity index (χ3n) is 1.47. The minimum absolute atomic E-state index is 0.393. The summed E-state index contributed by atoms with van der Waals surface area (Å²) in [6.07, 6.45) is 0. The first-order chi connectivity index (χ1) is 6.77. The largest absolute Gasteiger partial charge is 0.409 e. The van der Waals surface area contributed by atoms with Crippen molar-refractivity contribution in [1.82, 2.24) is 5.32 Å². The molecule has 1 rings (SSSR count). The number of amides is 1. The fourth-order valence-corrected chi connectivity index (χ4v) is 0.845. The minimum atomic E-state index is -0.486. The van der Waals surface area contributed by atoms with Gasteiger partial charge in [0.1, 0.15) is 6.07 Å². The number of nitrogens with one attached hydrogen (secondary N) is 1. The number of benzene rings is 1. The van der Waals surface area contributed by atoms with Gasteiger partial charge in [0.2, 0.25) is 0 Å². The molecule has 0 saturated heterocycles. The Hall–Kier alpha value is -2.35. The standard InChI is InChI=1S/C9H7N3O2/c10-6-8(12-14)11-9(13)7-4-2-1-3-5-7/h1-5,14H,(H,11,12,13). The van der Waals surface area contributed by atoms with Crippen molar-refractivity contribution in [3.63, 3.8) is 0 Å². The van der Waals surface area contributed by atoms with E-state index in [0.29, 0.717) is 5.56 Å². The summed E-state index contributed by atoms with van der Waals surface area (Å²) >= 11 is 0. The fourth-order valence-electron chi connectivity index (χ4n) is 0.845. The quantitative estimate of drug-likeness (QED) is 0.295. The van der Waals surface area contributed by atoms with E-state index >= 15 is 0 Å². The molecule has 0 heterocycles. The number of rotatable bonds is 1. The van der Waals surface area contributed by atoms with Gasteiger partial charge >= 0.3 is 0 Å². The van der Waals surface area contributed by atoms with Crippen LogP contribution in [0.3, 0.4) is 0 Å². The summed E-state index contributed by atoms with van der Waals surface area (Å²) in [6, 6.07) is 9.84. The Morgan fingerprint density at radius 1 is 1.43 bits per heavy atom. The Bertz CT molecular complexity index is 392. The van der Waals surface area contributed by atoms with Gasteiger partial charge in [0, 0.05) is 5.56 Å².